The summed E-state index contributed by atoms with van der Waals surface area (Å²) >= 11 is 0. The van der Waals surface area contributed by atoms with E-state index in [9.17, 15) is 4.79 Å². The van der Waals surface area contributed by atoms with Crippen molar-refractivity contribution in [3.05, 3.63) is 18.2 Å². The minimum atomic E-state index is 0. The van der Waals surface area contributed by atoms with Crippen molar-refractivity contribution >= 4 is 35.8 Å². The number of amides is 1. The van der Waals surface area contributed by atoms with Gasteiger partial charge in [-0.25, -0.2) is 9.98 Å². The van der Waals surface area contributed by atoms with Gasteiger partial charge in [-0.3, -0.25) is 4.79 Å². The molecule has 1 aliphatic rings. The molecule has 1 amide bonds. The smallest absolute Gasteiger partial charge is 0.244 e. The van der Waals surface area contributed by atoms with Crippen LogP contribution >= 0.6 is 24.0 Å². The minimum Gasteiger partial charge on any atom is -0.357 e. The Labute approximate surface area is 167 Å². The van der Waals surface area contributed by atoms with Gasteiger partial charge in [0.1, 0.15) is 12.4 Å². The van der Waals surface area contributed by atoms with Gasteiger partial charge < -0.3 is 20.1 Å². The van der Waals surface area contributed by atoms with E-state index < -0.39 is 0 Å². The van der Waals surface area contributed by atoms with Crippen LogP contribution in [0.25, 0.3) is 0 Å². The van der Waals surface area contributed by atoms with Crippen LogP contribution in [-0.2, 0) is 11.3 Å². The molecule has 142 valence electrons. The van der Waals surface area contributed by atoms with E-state index in [1.165, 1.54) is 0 Å². The Balaban J connectivity index is 0.00000312. The Morgan fingerprint density at radius 1 is 1.28 bits per heavy atom. The van der Waals surface area contributed by atoms with Gasteiger partial charge >= 0.3 is 0 Å². The summed E-state index contributed by atoms with van der Waals surface area (Å²) in [5.41, 5.74) is 0. The number of carbonyl (C=O) groups is 1. The number of nitrogens with zero attached hydrogens (tertiary/aromatic N) is 4. The zero-order chi connectivity index (χ0) is 17.2. The summed E-state index contributed by atoms with van der Waals surface area (Å²) in [5.74, 6) is 1.91. The number of aryl methyl sites for hydroxylation is 2. The fourth-order valence-electron chi connectivity index (χ4n) is 2.81. The first-order valence-corrected chi connectivity index (χ1v) is 8.98. The van der Waals surface area contributed by atoms with Crippen LogP contribution in [0.5, 0.6) is 0 Å². The number of aliphatic imine (C=N–C) groups is 1. The third-order valence-electron chi connectivity index (χ3n) is 4.22. The number of imidazole rings is 1. The lowest BCUT2D eigenvalue weighted by molar-refractivity contribution is -0.128. The van der Waals surface area contributed by atoms with Crippen LogP contribution in [0.15, 0.2) is 17.4 Å². The highest BCUT2D eigenvalue weighted by atomic mass is 127. The summed E-state index contributed by atoms with van der Waals surface area (Å²) in [6, 6.07) is 0. The molecule has 0 bridgehead atoms. The molecule has 0 saturated carbocycles. The topological polar surface area (TPSA) is 74.6 Å². The van der Waals surface area contributed by atoms with E-state index in [0.717, 1.165) is 70.2 Å². The van der Waals surface area contributed by atoms with Gasteiger partial charge in [0.15, 0.2) is 5.96 Å². The summed E-state index contributed by atoms with van der Waals surface area (Å²) in [7, 11) is 0. The molecule has 8 heteroatoms. The van der Waals surface area contributed by atoms with Crippen molar-refractivity contribution in [3.63, 3.8) is 0 Å². The van der Waals surface area contributed by atoms with Crippen molar-refractivity contribution in [2.75, 3.05) is 32.7 Å². The molecule has 2 heterocycles. The van der Waals surface area contributed by atoms with Gasteiger partial charge in [-0.15, -0.1) is 24.0 Å². The van der Waals surface area contributed by atoms with E-state index in [2.05, 4.69) is 25.2 Å². The summed E-state index contributed by atoms with van der Waals surface area (Å²) < 4.78 is 2.16. The van der Waals surface area contributed by atoms with Crippen LogP contribution < -0.4 is 10.6 Å². The van der Waals surface area contributed by atoms with E-state index >= 15 is 0 Å². The molecule has 1 aliphatic heterocycles. The van der Waals surface area contributed by atoms with E-state index in [0.29, 0.717) is 0 Å². The molecule has 1 saturated heterocycles. The van der Waals surface area contributed by atoms with Crippen LogP contribution in [0.4, 0.5) is 0 Å². The molecule has 0 atom stereocenters. The van der Waals surface area contributed by atoms with Crippen LogP contribution in [0, 0.1) is 6.92 Å². The maximum Gasteiger partial charge on any atom is 0.244 e. The molecule has 0 spiro atoms. The molecule has 0 aliphatic carbocycles. The molecule has 0 radical (unpaired) electrons. The second-order valence-electron chi connectivity index (χ2n) is 6.08. The average molecular weight is 462 g/mol. The molecule has 1 aromatic rings. The van der Waals surface area contributed by atoms with Crippen LogP contribution in [-0.4, -0.2) is 59.0 Å². The van der Waals surface area contributed by atoms with Crippen LogP contribution in [0.3, 0.4) is 0 Å². The number of halogens is 1. The quantitative estimate of drug-likeness (QED) is 0.267. The number of aromatic nitrogens is 2. The van der Waals surface area contributed by atoms with Gasteiger partial charge in [-0.05, 0) is 39.5 Å². The van der Waals surface area contributed by atoms with Gasteiger partial charge in [0.2, 0.25) is 5.91 Å². The maximum atomic E-state index is 12.0. The van der Waals surface area contributed by atoms with Crippen molar-refractivity contribution in [2.45, 2.75) is 46.1 Å². The third kappa shape index (κ3) is 7.62. The predicted octanol–water partition coefficient (Wildman–Crippen LogP) is 1.77. The monoisotopic (exact) mass is 462 g/mol. The molecular weight excluding hydrogens is 431 g/mol. The maximum absolute atomic E-state index is 12.0. The van der Waals surface area contributed by atoms with Gasteiger partial charge in [0.05, 0.1) is 0 Å². The Morgan fingerprint density at radius 2 is 2.04 bits per heavy atom. The second-order valence-corrected chi connectivity index (χ2v) is 6.08. The fourth-order valence-corrected chi connectivity index (χ4v) is 2.81. The molecule has 2 rings (SSSR count). The number of guanidine groups is 1. The summed E-state index contributed by atoms with van der Waals surface area (Å²) in [6.07, 6.45) is 8.20. The predicted molar refractivity (Wildman–Crippen MR) is 111 cm³/mol. The zero-order valence-corrected chi connectivity index (χ0v) is 17.7. The van der Waals surface area contributed by atoms with Gasteiger partial charge in [-0.2, -0.15) is 0 Å². The van der Waals surface area contributed by atoms with Gasteiger partial charge in [-0.1, -0.05) is 0 Å². The number of hydrogen-bond acceptors (Lipinski definition) is 3. The first-order valence-electron chi connectivity index (χ1n) is 8.98. The normalized spacial score (nSPS) is 14.3. The highest BCUT2D eigenvalue weighted by Gasteiger charge is 2.17. The highest BCUT2D eigenvalue weighted by molar-refractivity contribution is 14.0. The van der Waals surface area contributed by atoms with E-state index in [4.69, 9.17) is 0 Å². The molecule has 1 fully saturated rings. The highest BCUT2D eigenvalue weighted by Crippen LogP contribution is 2.07. The fraction of sp³-hybridized carbons (Fsp3) is 0.706. The van der Waals surface area contributed by atoms with Crippen molar-refractivity contribution in [3.8, 4) is 0 Å². The number of likely N-dealkylation sites (tertiary alicyclic amines) is 1. The molecule has 0 aromatic carbocycles. The van der Waals surface area contributed by atoms with Crippen LogP contribution in [0.1, 0.15) is 38.4 Å². The average Bonchev–Trinajstić information content (AvgIpc) is 3.24. The molecule has 0 unspecified atom stereocenters. The number of hydrogen-bond donors (Lipinski definition) is 2. The number of nitrogens with one attached hydrogen (secondary N) is 2. The Hall–Kier alpha value is -1.32. The first-order chi connectivity index (χ1) is 11.7. The van der Waals surface area contributed by atoms with E-state index in [1.807, 2.05) is 31.1 Å². The standard InChI is InChI=1S/C17H30N6O.HI/c1-3-18-17(21-14-16(24)23-11-6-7-12-23)20-8-4-5-10-22-13-9-19-15(22)2;/h9,13H,3-8,10-12,14H2,1-2H3,(H2,18,20,21);1H. The first kappa shape index (κ1) is 21.7. The number of carbonyl (C=O) groups excluding carboxylic acids is 1. The van der Waals surface area contributed by atoms with Crippen molar-refractivity contribution in [1.29, 1.82) is 0 Å². The summed E-state index contributed by atoms with van der Waals surface area (Å²) in [4.78, 5) is 22.6. The lowest BCUT2D eigenvalue weighted by Crippen LogP contribution is -2.39. The zero-order valence-electron chi connectivity index (χ0n) is 15.3. The lowest BCUT2D eigenvalue weighted by Gasteiger charge is -2.15. The second kappa shape index (κ2) is 12.1. The summed E-state index contributed by atoms with van der Waals surface area (Å²) in [5, 5.41) is 6.50. The molecular formula is C17H31IN6O. The van der Waals surface area contributed by atoms with E-state index in [-0.39, 0.29) is 36.4 Å². The number of unbranched alkanes of at least 4 members (excludes halogenated alkanes) is 1. The Bertz CT molecular complexity index is 539. The lowest BCUT2D eigenvalue weighted by atomic mass is 10.3. The third-order valence-corrected chi connectivity index (χ3v) is 4.22. The van der Waals surface area contributed by atoms with E-state index in [1.54, 1.807) is 0 Å². The summed E-state index contributed by atoms with van der Waals surface area (Å²) in [6.45, 7) is 8.65. The molecule has 2 N–H and O–H groups in total. The minimum absolute atomic E-state index is 0. The van der Waals surface area contributed by atoms with Gasteiger partial charge in [0, 0.05) is 45.1 Å². The SMILES string of the molecule is CCNC(=NCC(=O)N1CCCC1)NCCCCn1ccnc1C.I. The molecule has 7 nitrogen and oxygen atoms in total. The molecule has 1 aromatic heterocycles. The Kier molecular flexibility index (Phi) is 10.5. The van der Waals surface area contributed by atoms with Crippen molar-refractivity contribution in [2.24, 2.45) is 4.99 Å². The largest absolute Gasteiger partial charge is 0.357 e. The van der Waals surface area contributed by atoms with Crippen molar-refractivity contribution in [1.82, 2.24) is 25.1 Å². The Morgan fingerprint density at radius 3 is 2.68 bits per heavy atom. The molecule has 25 heavy (non-hydrogen) atoms. The van der Waals surface area contributed by atoms with Crippen molar-refractivity contribution < 1.29 is 4.79 Å². The number of rotatable bonds is 8. The van der Waals surface area contributed by atoms with Gasteiger partial charge in [0.25, 0.3) is 0 Å². The van der Waals surface area contributed by atoms with Crippen LogP contribution in [0.2, 0.25) is 0 Å².